The monoisotopic (exact) mass is 128 g/mol. The number of aliphatic hydroxyl groups excluding tert-OH is 1. The third-order valence-electron chi connectivity index (χ3n) is 1.07. The minimum atomic E-state index is -0.247. The van der Waals surface area contributed by atoms with E-state index in [-0.39, 0.29) is 6.10 Å². The van der Waals surface area contributed by atoms with Crippen LogP contribution < -0.4 is 0 Å². The fraction of sp³-hybridized carbons (Fsp3) is 0.333. The maximum absolute atomic E-state index is 8.95. The van der Waals surface area contributed by atoms with E-state index < -0.39 is 0 Å². The fourth-order valence-corrected chi connectivity index (χ4v) is 1.42. The van der Waals surface area contributed by atoms with Gasteiger partial charge in [-0.3, -0.25) is 0 Å². The van der Waals surface area contributed by atoms with Crippen LogP contribution in [-0.4, -0.2) is 5.11 Å². The lowest BCUT2D eigenvalue weighted by atomic mass is 10.3. The molecule has 1 rings (SSSR count). The standard InChI is InChI=1S/C6H9OP/c1-5(7)6-3-2-4-8-6/h2-5,7-8H,1H3. The summed E-state index contributed by atoms with van der Waals surface area (Å²) in [6, 6.07) is 3.96. The van der Waals surface area contributed by atoms with E-state index in [2.05, 4.69) is 5.80 Å². The first-order valence-electron chi connectivity index (χ1n) is 2.62. The van der Waals surface area contributed by atoms with Gasteiger partial charge in [-0.2, -0.15) is 0 Å². The molecule has 44 valence electrons. The zero-order valence-corrected chi connectivity index (χ0v) is 5.76. The molecule has 0 saturated carbocycles. The SMILES string of the molecule is CC(O)c1ccc[pH]1. The quantitative estimate of drug-likeness (QED) is 0.611. The zero-order chi connectivity index (χ0) is 5.98. The summed E-state index contributed by atoms with van der Waals surface area (Å²) in [6.07, 6.45) is -0.247. The molecule has 1 nitrogen and oxygen atoms in total. The number of hydrogen-bond acceptors (Lipinski definition) is 1. The first kappa shape index (κ1) is 5.87. The minimum Gasteiger partial charge on any atom is -0.388 e. The van der Waals surface area contributed by atoms with E-state index >= 15 is 0 Å². The second-order valence-electron chi connectivity index (χ2n) is 1.80. The second kappa shape index (κ2) is 2.34. The molecule has 0 aliphatic rings. The lowest BCUT2D eigenvalue weighted by Gasteiger charge is -1.96. The Morgan fingerprint density at radius 3 is 2.75 bits per heavy atom. The normalized spacial score (nSPS) is 14.8. The van der Waals surface area contributed by atoms with Crippen LogP contribution in [0.15, 0.2) is 17.9 Å². The molecule has 0 spiro atoms. The molecule has 1 heterocycles. The van der Waals surface area contributed by atoms with Crippen LogP contribution in [0.25, 0.3) is 0 Å². The van der Waals surface area contributed by atoms with Gasteiger partial charge in [0.2, 0.25) is 0 Å². The van der Waals surface area contributed by atoms with Gasteiger partial charge in [0.25, 0.3) is 0 Å². The van der Waals surface area contributed by atoms with Gasteiger partial charge in [0, 0.05) is 0 Å². The summed E-state index contributed by atoms with van der Waals surface area (Å²) in [6.45, 7) is 1.80. The van der Waals surface area contributed by atoms with Gasteiger partial charge in [-0.15, -0.1) is 8.19 Å². The van der Waals surface area contributed by atoms with Gasteiger partial charge >= 0.3 is 0 Å². The van der Waals surface area contributed by atoms with Crippen molar-refractivity contribution in [3.05, 3.63) is 23.2 Å². The van der Waals surface area contributed by atoms with E-state index in [0.29, 0.717) is 8.19 Å². The van der Waals surface area contributed by atoms with Crippen molar-refractivity contribution in [2.24, 2.45) is 0 Å². The highest BCUT2D eigenvalue weighted by molar-refractivity contribution is 7.30. The van der Waals surface area contributed by atoms with Crippen molar-refractivity contribution in [1.82, 2.24) is 0 Å². The molecular formula is C6H9OP. The Morgan fingerprint density at radius 2 is 2.50 bits per heavy atom. The highest BCUT2D eigenvalue weighted by atomic mass is 31.0. The Morgan fingerprint density at radius 1 is 1.75 bits per heavy atom. The maximum atomic E-state index is 8.95. The molecule has 0 saturated heterocycles. The van der Waals surface area contributed by atoms with Crippen LogP contribution in [-0.2, 0) is 0 Å². The van der Waals surface area contributed by atoms with E-state index in [0.717, 1.165) is 5.30 Å². The van der Waals surface area contributed by atoms with Crippen molar-refractivity contribution in [2.75, 3.05) is 0 Å². The molecule has 2 heteroatoms. The Labute approximate surface area is 50.4 Å². The van der Waals surface area contributed by atoms with E-state index in [9.17, 15) is 0 Å². The summed E-state index contributed by atoms with van der Waals surface area (Å²) in [5.74, 6) is 2.07. The highest BCUT2D eigenvalue weighted by Crippen LogP contribution is 2.21. The summed E-state index contributed by atoms with van der Waals surface area (Å²) in [4.78, 5) is 0. The van der Waals surface area contributed by atoms with Crippen LogP contribution in [0.2, 0.25) is 0 Å². The van der Waals surface area contributed by atoms with Gasteiger partial charge in [-0.1, -0.05) is 12.1 Å². The first-order valence-corrected chi connectivity index (χ1v) is 3.70. The summed E-state index contributed by atoms with van der Waals surface area (Å²) >= 11 is 0. The number of hydrogen-bond donors (Lipinski definition) is 1. The highest BCUT2D eigenvalue weighted by Gasteiger charge is 1.96. The molecule has 0 bridgehead atoms. The van der Waals surface area contributed by atoms with Crippen LogP contribution in [0.1, 0.15) is 18.3 Å². The Hall–Kier alpha value is -0.260. The summed E-state index contributed by atoms with van der Waals surface area (Å²) in [5, 5.41) is 10.1. The minimum absolute atomic E-state index is 0.247. The summed E-state index contributed by atoms with van der Waals surface area (Å²) < 4.78 is 0. The Bertz CT molecular complexity index is 144. The molecule has 1 aromatic rings. The first-order chi connectivity index (χ1) is 3.80. The van der Waals surface area contributed by atoms with E-state index in [1.807, 2.05) is 12.1 Å². The molecule has 0 radical (unpaired) electrons. The van der Waals surface area contributed by atoms with Gasteiger partial charge in [-0.05, 0) is 18.0 Å². The predicted molar refractivity (Wildman–Crippen MR) is 36.6 cm³/mol. The largest absolute Gasteiger partial charge is 0.388 e. The van der Waals surface area contributed by atoms with E-state index in [1.54, 1.807) is 6.92 Å². The molecule has 0 aliphatic heterocycles. The van der Waals surface area contributed by atoms with Crippen molar-refractivity contribution in [3.8, 4) is 0 Å². The van der Waals surface area contributed by atoms with Gasteiger partial charge in [0.05, 0.1) is 6.10 Å². The van der Waals surface area contributed by atoms with Crippen molar-refractivity contribution < 1.29 is 5.11 Å². The fourth-order valence-electron chi connectivity index (χ4n) is 0.604. The summed E-state index contributed by atoms with van der Waals surface area (Å²) in [7, 11) is 0.711. The van der Waals surface area contributed by atoms with Crippen molar-refractivity contribution in [2.45, 2.75) is 13.0 Å². The van der Waals surface area contributed by atoms with Crippen LogP contribution in [0.3, 0.4) is 0 Å². The molecule has 0 fully saturated rings. The number of aliphatic hydroxyl groups is 1. The smallest absolute Gasteiger partial charge is 0.0795 e. The molecular weight excluding hydrogens is 119 g/mol. The zero-order valence-electron chi connectivity index (χ0n) is 4.76. The lowest BCUT2D eigenvalue weighted by Crippen LogP contribution is -1.82. The molecule has 8 heavy (non-hydrogen) atoms. The van der Waals surface area contributed by atoms with Gasteiger partial charge in [0.1, 0.15) is 0 Å². The Balaban J connectivity index is 2.77. The van der Waals surface area contributed by atoms with Crippen molar-refractivity contribution >= 4 is 8.19 Å². The van der Waals surface area contributed by atoms with Crippen LogP contribution in [0, 0.1) is 0 Å². The van der Waals surface area contributed by atoms with E-state index in [4.69, 9.17) is 5.11 Å². The summed E-state index contributed by atoms with van der Waals surface area (Å²) in [5.41, 5.74) is 0. The molecule has 0 aromatic carbocycles. The van der Waals surface area contributed by atoms with Gasteiger partial charge in [-0.25, -0.2) is 0 Å². The van der Waals surface area contributed by atoms with Crippen LogP contribution >= 0.6 is 8.19 Å². The third-order valence-corrected chi connectivity index (χ3v) is 2.35. The predicted octanol–water partition coefficient (Wildman–Crippen LogP) is 1.77. The van der Waals surface area contributed by atoms with Crippen molar-refractivity contribution in [1.29, 1.82) is 0 Å². The topological polar surface area (TPSA) is 20.2 Å². The molecule has 0 aliphatic carbocycles. The Kier molecular flexibility index (Phi) is 1.72. The lowest BCUT2D eigenvalue weighted by molar-refractivity contribution is 0.203. The second-order valence-corrected chi connectivity index (χ2v) is 3.00. The van der Waals surface area contributed by atoms with Gasteiger partial charge < -0.3 is 5.11 Å². The van der Waals surface area contributed by atoms with Gasteiger partial charge in [0.15, 0.2) is 0 Å². The molecule has 0 amide bonds. The van der Waals surface area contributed by atoms with Crippen LogP contribution in [0.5, 0.6) is 0 Å². The van der Waals surface area contributed by atoms with E-state index in [1.165, 1.54) is 0 Å². The molecule has 2 atom stereocenters. The van der Waals surface area contributed by atoms with Crippen molar-refractivity contribution in [3.63, 3.8) is 0 Å². The molecule has 1 aromatic heterocycles. The number of rotatable bonds is 1. The molecule has 1 N–H and O–H groups in total. The average molecular weight is 128 g/mol. The average Bonchev–Trinajstić information content (AvgIpc) is 2.12. The maximum Gasteiger partial charge on any atom is 0.0795 e. The molecule has 2 unspecified atom stereocenters. The third kappa shape index (κ3) is 1.12. The van der Waals surface area contributed by atoms with Crippen LogP contribution in [0.4, 0.5) is 0 Å².